The Hall–Kier alpha value is -1.96. The quantitative estimate of drug-likeness (QED) is 0.802. The van der Waals surface area contributed by atoms with Gasteiger partial charge < -0.3 is 9.84 Å². The Morgan fingerprint density at radius 3 is 2.80 bits per heavy atom. The molecule has 1 N–H and O–H groups in total. The van der Waals surface area contributed by atoms with Crippen molar-refractivity contribution in [3.63, 3.8) is 0 Å². The summed E-state index contributed by atoms with van der Waals surface area (Å²) in [5, 5.41) is 13.8. The van der Waals surface area contributed by atoms with E-state index in [0.29, 0.717) is 10.1 Å². The van der Waals surface area contributed by atoms with Crippen molar-refractivity contribution >= 4 is 22.9 Å². The summed E-state index contributed by atoms with van der Waals surface area (Å²) in [4.78, 5) is 8.56. The molecule has 0 radical (unpaired) electrons. The molecule has 1 aromatic carbocycles. The zero-order valence-electron chi connectivity index (χ0n) is 10.1. The second-order valence-corrected chi connectivity index (χ2v) is 5.17. The lowest BCUT2D eigenvalue weighted by Gasteiger charge is -1.97. The highest BCUT2D eigenvalue weighted by atomic mass is 35.5. The van der Waals surface area contributed by atoms with Crippen LogP contribution >= 0.6 is 22.9 Å². The van der Waals surface area contributed by atoms with Crippen LogP contribution in [-0.2, 0) is 6.61 Å². The molecule has 0 spiro atoms. The average molecular weight is 309 g/mol. The maximum atomic E-state index is 9.05. The minimum atomic E-state index is -0.175. The lowest BCUT2D eigenvalue weighted by molar-refractivity contribution is 0.285. The molecule has 0 aliphatic heterocycles. The molecule has 3 aromatic rings. The first-order valence-corrected chi connectivity index (χ1v) is 6.86. The number of benzene rings is 1. The zero-order chi connectivity index (χ0) is 13.9. The summed E-state index contributed by atoms with van der Waals surface area (Å²) in [6.45, 7) is -0.175. The molecule has 2 aromatic heterocycles. The predicted octanol–water partition coefficient (Wildman–Crippen LogP) is 2.66. The molecule has 0 saturated carbocycles. The number of aliphatic hydroxyl groups is 1. The summed E-state index contributed by atoms with van der Waals surface area (Å²) in [5.41, 5.74) is 0.878. The van der Waals surface area contributed by atoms with Gasteiger partial charge in [-0.3, -0.25) is 0 Å². The van der Waals surface area contributed by atoms with Crippen molar-refractivity contribution in [2.75, 3.05) is 0 Å². The highest BCUT2D eigenvalue weighted by Gasteiger charge is 2.12. The molecule has 3 rings (SSSR count). The number of hydrogen-bond donors (Lipinski definition) is 1. The fraction of sp³-hybridized carbons (Fsp3) is 0.0833. The van der Waals surface area contributed by atoms with Gasteiger partial charge in [0.15, 0.2) is 0 Å². The number of para-hydroxylation sites is 1. The number of rotatable bonds is 4. The third kappa shape index (κ3) is 2.64. The molecule has 0 fully saturated rings. The van der Waals surface area contributed by atoms with Crippen molar-refractivity contribution in [2.45, 2.75) is 6.61 Å². The summed E-state index contributed by atoms with van der Waals surface area (Å²) >= 11 is 6.98. The summed E-state index contributed by atoms with van der Waals surface area (Å²) in [5.74, 6) is 0. The van der Waals surface area contributed by atoms with Gasteiger partial charge in [-0.1, -0.05) is 41.1 Å². The van der Waals surface area contributed by atoms with Gasteiger partial charge >= 0.3 is 6.01 Å². The average Bonchev–Trinajstić information content (AvgIpc) is 3.07. The Morgan fingerprint density at radius 2 is 2.10 bits per heavy atom. The van der Waals surface area contributed by atoms with Crippen LogP contribution in [0, 0.1) is 0 Å². The topological polar surface area (TPSA) is 73.1 Å². The molecule has 8 heteroatoms. The first-order chi connectivity index (χ1) is 9.76. The fourth-order valence-electron chi connectivity index (χ4n) is 1.53. The number of hydrogen-bond acceptors (Lipinski definition) is 6. The van der Waals surface area contributed by atoms with E-state index in [1.165, 1.54) is 0 Å². The zero-order valence-corrected chi connectivity index (χ0v) is 11.7. The third-order valence-corrected chi connectivity index (χ3v) is 3.79. The van der Waals surface area contributed by atoms with Crippen LogP contribution in [0.15, 0.2) is 36.7 Å². The Labute approximate surface area is 123 Å². The summed E-state index contributed by atoms with van der Waals surface area (Å²) in [7, 11) is 0. The van der Waals surface area contributed by atoms with Gasteiger partial charge in [0, 0.05) is 0 Å². The van der Waals surface area contributed by atoms with Crippen LogP contribution in [-0.4, -0.2) is 24.9 Å². The SMILES string of the molecule is OCc1sc(Oc2ncn(-c3ccccc3)n2)nc1Cl. The van der Waals surface area contributed by atoms with Crippen molar-refractivity contribution in [3.05, 3.63) is 46.7 Å². The first kappa shape index (κ1) is 13.0. The third-order valence-electron chi connectivity index (χ3n) is 2.44. The van der Waals surface area contributed by atoms with Gasteiger partial charge in [-0.05, 0) is 12.1 Å². The Kier molecular flexibility index (Phi) is 3.64. The maximum absolute atomic E-state index is 9.05. The molecule has 0 atom stereocenters. The number of ether oxygens (including phenoxy) is 1. The number of thiazole rings is 1. The minimum Gasteiger partial charge on any atom is -0.394 e. The van der Waals surface area contributed by atoms with Crippen molar-refractivity contribution in [2.24, 2.45) is 0 Å². The molecule has 0 aliphatic rings. The van der Waals surface area contributed by atoms with Gasteiger partial charge in [0.2, 0.25) is 0 Å². The van der Waals surface area contributed by atoms with E-state index in [1.807, 2.05) is 30.3 Å². The van der Waals surface area contributed by atoms with E-state index in [0.717, 1.165) is 17.0 Å². The van der Waals surface area contributed by atoms with E-state index in [2.05, 4.69) is 15.1 Å². The number of aromatic nitrogens is 4. The highest BCUT2D eigenvalue weighted by Crippen LogP contribution is 2.30. The van der Waals surface area contributed by atoms with Crippen molar-refractivity contribution in [3.8, 4) is 16.9 Å². The van der Waals surface area contributed by atoms with Crippen molar-refractivity contribution in [1.82, 2.24) is 19.7 Å². The van der Waals surface area contributed by atoms with Crippen LogP contribution in [0.25, 0.3) is 5.69 Å². The van der Waals surface area contributed by atoms with Crippen LogP contribution in [0.3, 0.4) is 0 Å². The summed E-state index contributed by atoms with van der Waals surface area (Å²) < 4.78 is 7.01. The van der Waals surface area contributed by atoms with Gasteiger partial charge in [-0.2, -0.15) is 9.97 Å². The van der Waals surface area contributed by atoms with Gasteiger partial charge in [0.05, 0.1) is 17.2 Å². The molecule has 2 heterocycles. The largest absolute Gasteiger partial charge is 0.394 e. The molecule has 0 saturated heterocycles. The molecular weight excluding hydrogens is 300 g/mol. The number of aliphatic hydroxyl groups excluding tert-OH is 1. The van der Waals surface area contributed by atoms with E-state index in [-0.39, 0.29) is 17.8 Å². The normalized spacial score (nSPS) is 10.7. The highest BCUT2D eigenvalue weighted by molar-refractivity contribution is 7.13. The van der Waals surface area contributed by atoms with E-state index in [1.54, 1.807) is 11.0 Å². The summed E-state index contributed by atoms with van der Waals surface area (Å²) in [6, 6.07) is 9.72. The Bertz CT molecular complexity index is 713. The Morgan fingerprint density at radius 1 is 1.30 bits per heavy atom. The fourth-order valence-corrected chi connectivity index (χ4v) is 2.49. The van der Waals surface area contributed by atoms with Gasteiger partial charge in [0.25, 0.3) is 5.19 Å². The Balaban J connectivity index is 1.80. The monoisotopic (exact) mass is 308 g/mol. The van der Waals surface area contributed by atoms with Gasteiger partial charge in [0.1, 0.15) is 11.5 Å². The van der Waals surface area contributed by atoms with Crippen LogP contribution in [0.5, 0.6) is 11.2 Å². The maximum Gasteiger partial charge on any atom is 0.343 e. The standard InChI is InChI=1S/C12H9ClN4O2S/c13-10-9(6-18)20-12(15-10)19-11-14-7-17(16-11)8-4-2-1-3-5-8/h1-5,7,18H,6H2. The van der Waals surface area contributed by atoms with Gasteiger partial charge in [-0.25, -0.2) is 4.68 Å². The molecular formula is C12H9ClN4O2S. The smallest absolute Gasteiger partial charge is 0.343 e. The second-order valence-electron chi connectivity index (χ2n) is 3.76. The van der Waals surface area contributed by atoms with Crippen LogP contribution in [0.2, 0.25) is 5.15 Å². The second kappa shape index (κ2) is 5.58. The molecule has 0 aliphatic carbocycles. The van der Waals surface area contributed by atoms with E-state index >= 15 is 0 Å². The molecule has 6 nitrogen and oxygen atoms in total. The molecule has 20 heavy (non-hydrogen) atoms. The van der Waals surface area contributed by atoms with Crippen LogP contribution in [0.4, 0.5) is 0 Å². The molecule has 0 unspecified atom stereocenters. The molecule has 0 amide bonds. The van der Waals surface area contributed by atoms with Gasteiger partial charge in [-0.15, -0.1) is 5.10 Å². The lowest BCUT2D eigenvalue weighted by Crippen LogP contribution is -1.94. The van der Waals surface area contributed by atoms with Crippen LogP contribution in [0.1, 0.15) is 4.88 Å². The van der Waals surface area contributed by atoms with Crippen molar-refractivity contribution in [1.29, 1.82) is 0 Å². The predicted molar refractivity (Wildman–Crippen MR) is 74.5 cm³/mol. The molecule has 0 bridgehead atoms. The number of nitrogens with zero attached hydrogens (tertiary/aromatic N) is 4. The first-order valence-electron chi connectivity index (χ1n) is 5.67. The molecule has 102 valence electrons. The summed E-state index contributed by atoms with van der Waals surface area (Å²) in [6.07, 6.45) is 1.55. The van der Waals surface area contributed by atoms with E-state index < -0.39 is 0 Å². The van der Waals surface area contributed by atoms with E-state index in [4.69, 9.17) is 21.4 Å². The number of halogens is 1. The minimum absolute atomic E-state index is 0.170. The van der Waals surface area contributed by atoms with Crippen LogP contribution < -0.4 is 4.74 Å². The van der Waals surface area contributed by atoms with Crippen molar-refractivity contribution < 1.29 is 9.84 Å². The van der Waals surface area contributed by atoms with E-state index in [9.17, 15) is 0 Å². The lowest BCUT2D eigenvalue weighted by atomic mass is 10.3.